The van der Waals surface area contributed by atoms with Gasteiger partial charge in [0, 0.05) is 20.7 Å². The summed E-state index contributed by atoms with van der Waals surface area (Å²) in [5, 5.41) is 4.41. The van der Waals surface area contributed by atoms with Crippen LogP contribution >= 0.6 is 27.7 Å². The molecule has 1 aliphatic rings. The standard InChI is InChI=1S/C15H22BrNS/c1-2-17-14-6-4-3-5-7-15(14)18-13-10-8-12(16)9-11-13/h8-11,14-15,17H,2-7H2,1H3. The normalized spacial score (nSPS) is 24.8. The minimum atomic E-state index is 0.686. The van der Waals surface area contributed by atoms with Crippen molar-refractivity contribution in [1.82, 2.24) is 5.32 Å². The zero-order valence-corrected chi connectivity index (χ0v) is 13.4. The number of hydrogen-bond donors (Lipinski definition) is 1. The summed E-state index contributed by atoms with van der Waals surface area (Å²) >= 11 is 5.55. The van der Waals surface area contributed by atoms with Crippen LogP contribution in [0.3, 0.4) is 0 Å². The van der Waals surface area contributed by atoms with Crippen molar-refractivity contribution in [3.63, 3.8) is 0 Å². The SMILES string of the molecule is CCNC1CCCCCC1Sc1ccc(Br)cc1. The first-order valence-electron chi connectivity index (χ1n) is 6.95. The van der Waals surface area contributed by atoms with E-state index in [1.807, 2.05) is 0 Å². The van der Waals surface area contributed by atoms with Gasteiger partial charge in [0.15, 0.2) is 0 Å². The lowest BCUT2D eigenvalue weighted by Crippen LogP contribution is -2.37. The second-order valence-electron chi connectivity index (χ2n) is 4.91. The Kier molecular flexibility index (Phi) is 6.06. The molecular formula is C15H22BrNS. The van der Waals surface area contributed by atoms with Crippen LogP contribution in [0.4, 0.5) is 0 Å². The van der Waals surface area contributed by atoms with E-state index in [0.29, 0.717) is 6.04 Å². The minimum absolute atomic E-state index is 0.686. The average Bonchev–Trinajstić information content (AvgIpc) is 2.59. The molecule has 0 heterocycles. The Labute approximate surface area is 123 Å². The van der Waals surface area contributed by atoms with E-state index in [-0.39, 0.29) is 0 Å². The molecule has 2 rings (SSSR count). The lowest BCUT2D eigenvalue weighted by atomic mass is 10.1. The summed E-state index contributed by atoms with van der Waals surface area (Å²) in [6, 6.07) is 9.42. The Hall–Kier alpha value is 0.01000. The molecule has 1 saturated carbocycles. The van der Waals surface area contributed by atoms with Crippen LogP contribution in [-0.4, -0.2) is 17.8 Å². The number of benzene rings is 1. The fourth-order valence-corrected chi connectivity index (χ4v) is 4.19. The monoisotopic (exact) mass is 327 g/mol. The van der Waals surface area contributed by atoms with E-state index in [2.05, 4.69) is 64.2 Å². The third-order valence-corrected chi connectivity index (χ3v) is 5.46. The van der Waals surface area contributed by atoms with Gasteiger partial charge in [0.05, 0.1) is 0 Å². The number of hydrogen-bond acceptors (Lipinski definition) is 2. The molecule has 1 aliphatic carbocycles. The molecule has 0 aromatic heterocycles. The van der Waals surface area contributed by atoms with E-state index in [0.717, 1.165) is 16.3 Å². The van der Waals surface area contributed by atoms with Gasteiger partial charge in [-0.1, -0.05) is 42.1 Å². The predicted octanol–water partition coefficient (Wildman–Crippen LogP) is 4.85. The largest absolute Gasteiger partial charge is 0.313 e. The first kappa shape index (κ1) is 14.4. The zero-order chi connectivity index (χ0) is 12.8. The summed E-state index contributed by atoms with van der Waals surface area (Å²) in [4.78, 5) is 1.40. The quantitative estimate of drug-likeness (QED) is 0.793. The number of nitrogens with one attached hydrogen (secondary N) is 1. The molecule has 0 bridgehead atoms. The number of halogens is 1. The van der Waals surface area contributed by atoms with Crippen LogP contribution < -0.4 is 5.32 Å². The van der Waals surface area contributed by atoms with Gasteiger partial charge in [-0.3, -0.25) is 0 Å². The van der Waals surface area contributed by atoms with Crippen molar-refractivity contribution in [3.8, 4) is 0 Å². The van der Waals surface area contributed by atoms with Crippen molar-refractivity contribution in [3.05, 3.63) is 28.7 Å². The van der Waals surface area contributed by atoms with Gasteiger partial charge in [0.25, 0.3) is 0 Å². The second-order valence-corrected chi connectivity index (χ2v) is 7.14. The lowest BCUT2D eigenvalue weighted by molar-refractivity contribution is 0.482. The molecule has 0 saturated heterocycles. The van der Waals surface area contributed by atoms with Gasteiger partial charge in [0.2, 0.25) is 0 Å². The van der Waals surface area contributed by atoms with Gasteiger partial charge in [-0.25, -0.2) is 0 Å². The van der Waals surface area contributed by atoms with E-state index >= 15 is 0 Å². The molecular weight excluding hydrogens is 306 g/mol. The van der Waals surface area contributed by atoms with E-state index < -0.39 is 0 Å². The maximum absolute atomic E-state index is 3.68. The van der Waals surface area contributed by atoms with Crippen LogP contribution in [0.25, 0.3) is 0 Å². The summed E-state index contributed by atoms with van der Waals surface area (Å²) < 4.78 is 1.16. The van der Waals surface area contributed by atoms with Crippen LogP contribution in [0.15, 0.2) is 33.6 Å². The molecule has 3 heteroatoms. The zero-order valence-electron chi connectivity index (χ0n) is 11.0. The third-order valence-electron chi connectivity index (χ3n) is 3.52. The molecule has 1 N–H and O–H groups in total. The highest BCUT2D eigenvalue weighted by Gasteiger charge is 2.23. The van der Waals surface area contributed by atoms with Crippen LogP contribution in [-0.2, 0) is 0 Å². The Balaban J connectivity index is 2.01. The lowest BCUT2D eigenvalue weighted by Gasteiger charge is -2.25. The van der Waals surface area contributed by atoms with Crippen LogP contribution in [0.5, 0.6) is 0 Å². The van der Waals surface area contributed by atoms with Gasteiger partial charge >= 0.3 is 0 Å². The van der Waals surface area contributed by atoms with Crippen molar-refractivity contribution in [2.24, 2.45) is 0 Å². The molecule has 0 spiro atoms. The van der Waals surface area contributed by atoms with Crippen LogP contribution in [0.1, 0.15) is 39.0 Å². The van der Waals surface area contributed by atoms with Crippen LogP contribution in [0, 0.1) is 0 Å². The minimum Gasteiger partial charge on any atom is -0.313 e. The molecule has 0 aliphatic heterocycles. The molecule has 2 atom stereocenters. The predicted molar refractivity (Wildman–Crippen MR) is 84.3 cm³/mol. The number of rotatable bonds is 4. The van der Waals surface area contributed by atoms with E-state index in [1.54, 1.807) is 0 Å². The molecule has 1 nitrogen and oxygen atoms in total. The molecule has 100 valence electrons. The molecule has 2 unspecified atom stereocenters. The summed E-state index contributed by atoms with van der Waals surface area (Å²) in [7, 11) is 0. The van der Waals surface area contributed by atoms with Gasteiger partial charge < -0.3 is 5.32 Å². The Morgan fingerprint density at radius 2 is 1.89 bits per heavy atom. The molecule has 1 fully saturated rings. The van der Waals surface area contributed by atoms with Crippen molar-refractivity contribution >= 4 is 27.7 Å². The Morgan fingerprint density at radius 1 is 1.17 bits per heavy atom. The maximum atomic E-state index is 3.68. The summed E-state index contributed by atoms with van der Waals surface area (Å²) in [5.74, 6) is 0. The maximum Gasteiger partial charge on any atom is 0.0248 e. The van der Waals surface area contributed by atoms with Gasteiger partial charge in [0.1, 0.15) is 0 Å². The molecule has 0 radical (unpaired) electrons. The number of thioether (sulfide) groups is 1. The van der Waals surface area contributed by atoms with Crippen LogP contribution in [0.2, 0.25) is 0 Å². The van der Waals surface area contributed by atoms with Gasteiger partial charge in [-0.05, 0) is 43.7 Å². The fourth-order valence-electron chi connectivity index (χ4n) is 2.60. The molecule has 18 heavy (non-hydrogen) atoms. The van der Waals surface area contributed by atoms with E-state index in [1.165, 1.54) is 37.0 Å². The Bertz CT molecular complexity index is 352. The molecule has 1 aromatic rings. The third kappa shape index (κ3) is 4.29. The Morgan fingerprint density at radius 3 is 2.61 bits per heavy atom. The molecule has 1 aromatic carbocycles. The van der Waals surface area contributed by atoms with Crippen molar-refractivity contribution in [2.45, 2.75) is 55.2 Å². The fraction of sp³-hybridized carbons (Fsp3) is 0.600. The van der Waals surface area contributed by atoms with E-state index in [4.69, 9.17) is 0 Å². The summed E-state index contributed by atoms with van der Waals surface area (Å²) in [6.45, 7) is 3.30. The highest BCUT2D eigenvalue weighted by atomic mass is 79.9. The summed E-state index contributed by atoms with van der Waals surface area (Å²) in [6.07, 6.45) is 6.85. The first-order chi connectivity index (χ1) is 8.79. The first-order valence-corrected chi connectivity index (χ1v) is 8.62. The van der Waals surface area contributed by atoms with Crippen molar-refractivity contribution < 1.29 is 0 Å². The topological polar surface area (TPSA) is 12.0 Å². The summed E-state index contributed by atoms with van der Waals surface area (Å²) in [5.41, 5.74) is 0. The molecule has 0 amide bonds. The average molecular weight is 328 g/mol. The van der Waals surface area contributed by atoms with Crippen molar-refractivity contribution in [1.29, 1.82) is 0 Å². The van der Waals surface area contributed by atoms with E-state index in [9.17, 15) is 0 Å². The van der Waals surface area contributed by atoms with Crippen molar-refractivity contribution in [2.75, 3.05) is 6.54 Å². The van der Waals surface area contributed by atoms with Gasteiger partial charge in [-0.2, -0.15) is 0 Å². The second kappa shape index (κ2) is 7.56. The highest BCUT2D eigenvalue weighted by Crippen LogP contribution is 2.33. The highest BCUT2D eigenvalue weighted by molar-refractivity contribution is 9.10. The van der Waals surface area contributed by atoms with Gasteiger partial charge in [-0.15, -0.1) is 11.8 Å². The smallest absolute Gasteiger partial charge is 0.0248 e.